The van der Waals surface area contributed by atoms with E-state index in [2.05, 4.69) is 5.32 Å². The van der Waals surface area contributed by atoms with Gasteiger partial charge in [-0.15, -0.1) is 0 Å². The molecule has 0 aliphatic heterocycles. The molecule has 1 N–H and O–H groups in total. The number of carbonyl (C=O) groups is 2. The van der Waals surface area contributed by atoms with Crippen LogP contribution >= 0.6 is 0 Å². The minimum atomic E-state index is -0.264. The van der Waals surface area contributed by atoms with Crippen molar-refractivity contribution in [3.63, 3.8) is 0 Å². The molecule has 0 fully saturated rings. The number of nitrogens with zero attached hydrogens (tertiary/aromatic N) is 1. The zero-order valence-electron chi connectivity index (χ0n) is 10.6. The van der Waals surface area contributed by atoms with E-state index in [1.165, 1.54) is 0 Å². The quantitative estimate of drug-likeness (QED) is 0.643. The Bertz CT molecular complexity index is 231. The van der Waals surface area contributed by atoms with Crippen molar-refractivity contribution < 1.29 is 14.3 Å². The van der Waals surface area contributed by atoms with Crippen LogP contribution in [0.4, 0.5) is 0 Å². The van der Waals surface area contributed by atoms with Gasteiger partial charge in [0.25, 0.3) is 0 Å². The summed E-state index contributed by atoms with van der Waals surface area (Å²) in [6.07, 6.45) is 0.293. The lowest BCUT2D eigenvalue weighted by atomic mass is 10.3. The van der Waals surface area contributed by atoms with E-state index in [-0.39, 0.29) is 17.9 Å². The molecule has 16 heavy (non-hydrogen) atoms. The fourth-order valence-electron chi connectivity index (χ4n) is 1.20. The SMILES string of the molecule is CCOC(=O)CCNC(C)C(=O)N(C)CC. The van der Waals surface area contributed by atoms with Crippen molar-refractivity contribution in [3.8, 4) is 0 Å². The highest BCUT2D eigenvalue weighted by atomic mass is 16.5. The smallest absolute Gasteiger partial charge is 0.307 e. The molecule has 1 unspecified atom stereocenters. The number of rotatable bonds is 7. The highest BCUT2D eigenvalue weighted by Gasteiger charge is 2.15. The highest BCUT2D eigenvalue weighted by Crippen LogP contribution is 1.92. The average molecular weight is 230 g/mol. The van der Waals surface area contributed by atoms with Crippen molar-refractivity contribution in [2.75, 3.05) is 26.7 Å². The number of esters is 1. The van der Waals surface area contributed by atoms with Gasteiger partial charge in [0, 0.05) is 20.1 Å². The average Bonchev–Trinajstić information content (AvgIpc) is 2.27. The van der Waals surface area contributed by atoms with Gasteiger partial charge in [-0.1, -0.05) is 0 Å². The van der Waals surface area contributed by atoms with Crippen LogP contribution < -0.4 is 5.32 Å². The molecule has 0 aliphatic rings. The van der Waals surface area contributed by atoms with E-state index in [1.807, 2.05) is 6.92 Å². The van der Waals surface area contributed by atoms with Gasteiger partial charge in [-0.2, -0.15) is 0 Å². The Kier molecular flexibility index (Phi) is 7.54. The molecule has 0 aliphatic carbocycles. The van der Waals surface area contributed by atoms with Gasteiger partial charge in [-0.05, 0) is 20.8 Å². The van der Waals surface area contributed by atoms with Crippen LogP contribution in [0.5, 0.6) is 0 Å². The zero-order chi connectivity index (χ0) is 12.6. The Labute approximate surface area is 97.1 Å². The summed E-state index contributed by atoms with van der Waals surface area (Å²) in [6, 6.07) is -0.264. The van der Waals surface area contributed by atoms with Crippen molar-refractivity contribution >= 4 is 11.9 Å². The van der Waals surface area contributed by atoms with Crippen LogP contribution in [0.3, 0.4) is 0 Å². The van der Waals surface area contributed by atoms with Crippen LogP contribution in [0.1, 0.15) is 27.2 Å². The van der Waals surface area contributed by atoms with Crippen LogP contribution in [0.2, 0.25) is 0 Å². The molecule has 1 amide bonds. The third-order valence-electron chi connectivity index (χ3n) is 2.31. The van der Waals surface area contributed by atoms with E-state index in [9.17, 15) is 9.59 Å². The number of amides is 1. The van der Waals surface area contributed by atoms with Crippen molar-refractivity contribution in [2.24, 2.45) is 0 Å². The summed E-state index contributed by atoms with van der Waals surface area (Å²) in [5.74, 6) is -0.204. The van der Waals surface area contributed by atoms with Crippen molar-refractivity contribution in [1.82, 2.24) is 10.2 Å². The summed E-state index contributed by atoms with van der Waals surface area (Å²) < 4.78 is 4.78. The summed E-state index contributed by atoms with van der Waals surface area (Å²) in [7, 11) is 1.76. The number of likely N-dealkylation sites (N-methyl/N-ethyl adjacent to an activating group) is 1. The maximum atomic E-state index is 11.6. The van der Waals surface area contributed by atoms with Gasteiger partial charge in [0.05, 0.1) is 19.1 Å². The monoisotopic (exact) mass is 230 g/mol. The molecule has 0 aromatic rings. The molecule has 5 nitrogen and oxygen atoms in total. The Morgan fingerprint density at radius 3 is 2.50 bits per heavy atom. The van der Waals surface area contributed by atoms with Crippen molar-refractivity contribution in [2.45, 2.75) is 33.2 Å². The number of ether oxygens (including phenoxy) is 1. The minimum absolute atomic E-state index is 0.0337. The van der Waals surface area contributed by atoms with E-state index < -0.39 is 0 Å². The van der Waals surface area contributed by atoms with Gasteiger partial charge < -0.3 is 15.0 Å². The molecule has 0 heterocycles. The van der Waals surface area contributed by atoms with Gasteiger partial charge in [-0.3, -0.25) is 9.59 Å². The van der Waals surface area contributed by atoms with Gasteiger partial charge in [0.15, 0.2) is 0 Å². The number of carbonyl (C=O) groups excluding carboxylic acids is 2. The number of hydrogen-bond donors (Lipinski definition) is 1. The molecule has 0 aromatic heterocycles. The fraction of sp³-hybridized carbons (Fsp3) is 0.818. The van der Waals surface area contributed by atoms with E-state index in [1.54, 1.807) is 25.8 Å². The first-order chi connectivity index (χ1) is 7.52. The van der Waals surface area contributed by atoms with Gasteiger partial charge in [0.1, 0.15) is 0 Å². The molecule has 94 valence electrons. The largest absolute Gasteiger partial charge is 0.466 e. The summed E-state index contributed by atoms with van der Waals surface area (Å²) >= 11 is 0. The minimum Gasteiger partial charge on any atom is -0.466 e. The molecule has 0 saturated heterocycles. The Morgan fingerprint density at radius 1 is 1.38 bits per heavy atom. The standard InChI is InChI=1S/C11H22N2O3/c1-5-13(4)11(15)9(3)12-8-7-10(14)16-6-2/h9,12H,5-8H2,1-4H3. The molecule has 0 spiro atoms. The number of hydrogen-bond acceptors (Lipinski definition) is 4. The molecule has 1 atom stereocenters. The van der Waals surface area contributed by atoms with Crippen LogP contribution in [0.15, 0.2) is 0 Å². The van der Waals surface area contributed by atoms with E-state index in [0.29, 0.717) is 26.1 Å². The molecule has 0 aromatic carbocycles. The van der Waals surface area contributed by atoms with E-state index in [4.69, 9.17) is 4.74 Å². The lowest BCUT2D eigenvalue weighted by molar-refractivity contribution is -0.143. The maximum absolute atomic E-state index is 11.6. The second-order valence-corrected chi connectivity index (χ2v) is 3.58. The summed E-state index contributed by atoms with van der Waals surface area (Å²) in [5.41, 5.74) is 0. The molecule has 0 bridgehead atoms. The van der Waals surface area contributed by atoms with Crippen LogP contribution in [0, 0.1) is 0 Å². The lowest BCUT2D eigenvalue weighted by Crippen LogP contribution is -2.43. The fourth-order valence-corrected chi connectivity index (χ4v) is 1.20. The predicted octanol–water partition coefficient (Wildman–Crippen LogP) is 0.396. The van der Waals surface area contributed by atoms with Crippen LogP contribution in [-0.4, -0.2) is 49.6 Å². The second-order valence-electron chi connectivity index (χ2n) is 3.58. The Hall–Kier alpha value is -1.10. The highest BCUT2D eigenvalue weighted by molar-refractivity contribution is 5.81. The normalized spacial score (nSPS) is 12.0. The molecule has 0 radical (unpaired) electrons. The first-order valence-corrected chi connectivity index (χ1v) is 5.66. The summed E-state index contributed by atoms with van der Waals surface area (Å²) in [4.78, 5) is 24.3. The third kappa shape index (κ3) is 5.70. The lowest BCUT2D eigenvalue weighted by Gasteiger charge is -2.20. The third-order valence-corrected chi connectivity index (χ3v) is 2.31. The van der Waals surface area contributed by atoms with Crippen LogP contribution in [0.25, 0.3) is 0 Å². The van der Waals surface area contributed by atoms with Gasteiger partial charge >= 0.3 is 5.97 Å². The molecule has 0 rings (SSSR count). The maximum Gasteiger partial charge on any atom is 0.307 e. The van der Waals surface area contributed by atoms with Crippen molar-refractivity contribution in [3.05, 3.63) is 0 Å². The predicted molar refractivity (Wildman–Crippen MR) is 62.0 cm³/mol. The van der Waals surface area contributed by atoms with Gasteiger partial charge in [0.2, 0.25) is 5.91 Å². The van der Waals surface area contributed by atoms with Gasteiger partial charge in [-0.25, -0.2) is 0 Å². The molecule has 5 heteroatoms. The van der Waals surface area contributed by atoms with Crippen LogP contribution in [-0.2, 0) is 14.3 Å². The Balaban J connectivity index is 3.76. The molecular weight excluding hydrogens is 208 g/mol. The first kappa shape index (κ1) is 14.9. The molecular formula is C11H22N2O3. The molecule has 0 saturated carbocycles. The Morgan fingerprint density at radius 2 is 2.00 bits per heavy atom. The van der Waals surface area contributed by atoms with E-state index in [0.717, 1.165) is 0 Å². The number of nitrogens with one attached hydrogen (secondary N) is 1. The first-order valence-electron chi connectivity index (χ1n) is 5.66. The topological polar surface area (TPSA) is 58.6 Å². The zero-order valence-corrected chi connectivity index (χ0v) is 10.6. The summed E-state index contributed by atoms with van der Waals surface area (Å²) in [5, 5.41) is 2.99. The van der Waals surface area contributed by atoms with E-state index >= 15 is 0 Å². The second kappa shape index (κ2) is 8.10. The summed E-state index contributed by atoms with van der Waals surface area (Å²) in [6.45, 7) is 7.02. The van der Waals surface area contributed by atoms with Crippen molar-refractivity contribution in [1.29, 1.82) is 0 Å².